The lowest BCUT2D eigenvalue weighted by atomic mass is 10.1. The number of urea groups is 1. The summed E-state index contributed by atoms with van der Waals surface area (Å²) in [6.45, 7) is 1.05. The van der Waals surface area contributed by atoms with Gasteiger partial charge in [0.2, 0.25) is 0 Å². The van der Waals surface area contributed by atoms with Crippen LogP contribution in [-0.2, 0) is 0 Å². The molecule has 2 aromatic rings. The first-order chi connectivity index (χ1) is 9.43. The van der Waals surface area contributed by atoms with Gasteiger partial charge in [-0.2, -0.15) is 0 Å². The van der Waals surface area contributed by atoms with Crippen LogP contribution in [0.3, 0.4) is 0 Å². The van der Waals surface area contributed by atoms with Crippen LogP contribution in [0.25, 0.3) is 17.1 Å². The van der Waals surface area contributed by atoms with Gasteiger partial charge in [0.1, 0.15) is 16.6 Å². The second-order valence-electron chi connectivity index (χ2n) is 4.48. The SMILES string of the molecule is CC(O)(/C=C\c1cccc2nnn([N]C(N)=O)c12)CO. The Morgan fingerprint density at radius 1 is 1.60 bits per heavy atom. The van der Waals surface area contributed by atoms with Gasteiger partial charge < -0.3 is 15.9 Å². The number of carbonyl (C=O) groups excluding carboxylic acids is 1. The maximum absolute atomic E-state index is 10.9. The third-order valence-corrected chi connectivity index (χ3v) is 2.62. The number of amides is 2. The van der Waals surface area contributed by atoms with Gasteiger partial charge in [-0.15, -0.1) is 9.89 Å². The molecule has 0 aliphatic carbocycles. The molecule has 1 radical (unpaired) electrons. The Kier molecular flexibility index (Phi) is 3.68. The summed E-state index contributed by atoms with van der Waals surface area (Å²) >= 11 is 0. The molecule has 0 fully saturated rings. The number of aliphatic hydroxyl groups is 2. The average Bonchev–Trinajstić information content (AvgIpc) is 2.80. The third-order valence-electron chi connectivity index (χ3n) is 2.62. The van der Waals surface area contributed by atoms with Crippen molar-refractivity contribution >= 4 is 23.1 Å². The predicted octanol–water partition coefficient (Wildman–Crippen LogP) is -0.366. The summed E-state index contributed by atoms with van der Waals surface area (Å²) in [5.41, 5.74) is 8.81. The first-order valence-corrected chi connectivity index (χ1v) is 5.81. The molecule has 2 rings (SSSR count). The molecule has 1 unspecified atom stereocenters. The van der Waals surface area contributed by atoms with Crippen molar-refractivity contribution in [2.75, 3.05) is 6.61 Å². The van der Waals surface area contributed by atoms with E-state index in [2.05, 4.69) is 15.7 Å². The van der Waals surface area contributed by atoms with Crippen molar-refractivity contribution in [3.8, 4) is 0 Å². The van der Waals surface area contributed by atoms with E-state index in [1.165, 1.54) is 13.0 Å². The molecule has 0 bridgehead atoms. The van der Waals surface area contributed by atoms with Gasteiger partial charge in [-0.1, -0.05) is 29.7 Å². The quantitative estimate of drug-likeness (QED) is 0.702. The number of primary amides is 1. The van der Waals surface area contributed by atoms with Crippen LogP contribution in [0.4, 0.5) is 4.79 Å². The van der Waals surface area contributed by atoms with E-state index in [-0.39, 0.29) is 0 Å². The number of carbonyl (C=O) groups is 1. The van der Waals surface area contributed by atoms with Gasteiger partial charge in [-0.3, -0.25) is 0 Å². The number of hydrogen-bond acceptors (Lipinski definition) is 5. The number of benzene rings is 1. The van der Waals surface area contributed by atoms with Crippen LogP contribution < -0.4 is 11.2 Å². The van der Waals surface area contributed by atoms with Crippen molar-refractivity contribution in [1.82, 2.24) is 20.5 Å². The van der Waals surface area contributed by atoms with E-state index in [1.54, 1.807) is 24.3 Å². The zero-order valence-electron chi connectivity index (χ0n) is 10.8. The molecule has 8 nitrogen and oxygen atoms in total. The lowest BCUT2D eigenvalue weighted by Gasteiger charge is -2.14. The Morgan fingerprint density at radius 2 is 2.35 bits per heavy atom. The smallest absolute Gasteiger partial charge is 0.357 e. The van der Waals surface area contributed by atoms with E-state index >= 15 is 0 Å². The molecule has 105 valence electrons. The molecule has 0 aliphatic rings. The van der Waals surface area contributed by atoms with Crippen LogP contribution in [0.2, 0.25) is 0 Å². The molecule has 4 N–H and O–H groups in total. The van der Waals surface area contributed by atoms with Crippen molar-refractivity contribution in [3.05, 3.63) is 29.8 Å². The lowest BCUT2D eigenvalue weighted by molar-refractivity contribution is 0.0442. The monoisotopic (exact) mass is 276 g/mol. The van der Waals surface area contributed by atoms with Crippen LogP contribution in [0.1, 0.15) is 12.5 Å². The zero-order chi connectivity index (χ0) is 14.8. The average molecular weight is 276 g/mol. The van der Waals surface area contributed by atoms with Crippen molar-refractivity contribution < 1.29 is 15.0 Å². The highest BCUT2D eigenvalue weighted by molar-refractivity contribution is 5.85. The molecule has 2 amide bonds. The highest BCUT2D eigenvalue weighted by Crippen LogP contribution is 2.18. The van der Waals surface area contributed by atoms with Crippen molar-refractivity contribution in [3.63, 3.8) is 0 Å². The number of hydrogen-bond donors (Lipinski definition) is 3. The van der Waals surface area contributed by atoms with Gasteiger partial charge in [-0.25, -0.2) is 4.79 Å². The molecule has 1 atom stereocenters. The molecule has 0 spiro atoms. The maximum atomic E-state index is 10.9. The topological polar surface area (TPSA) is 128 Å². The molecule has 1 aromatic carbocycles. The van der Waals surface area contributed by atoms with Gasteiger partial charge in [-0.05, 0) is 18.2 Å². The van der Waals surface area contributed by atoms with Crippen molar-refractivity contribution in [1.29, 1.82) is 0 Å². The fourth-order valence-corrected chi connectivity index (χ4v) is 1.60. The van der Waals surface area contributed by atoms with E-state index in [0.29, 0.717) is 16.6 Å². The molecule has 0 saturated heterocycles. The Bertz CT molecular complexity index is 662. The van der Waals surface area contributed by atoms with E-state index in [9.17, 15) is 9.90 Å². The van der Waals surface area contributed by atoms with E-state index in [0.717, 1.165) is 4.79 Å². The number of nitrogens with two attached hydrogens (primary N) is 1. The summed E-state index contributed by atoms with van der Waals surface area (Å²) in [6.07, 6.45) is 3.03. The first-order valence-electron chi connectivity index (χ1n) is 5.81. The molecule has 20 heavy (non-hydrogen) atoms. The predicted molar refractivity (Wildman–Crippen MR) is 71.4 cm³/mol. The molecule has 8 heteroatoms. The fraction of sp³-hybridized carbons (Fsp3) is 0.250. The number of aromatic nitrogens is 3. The summed E-state index contributed by atoms with van der Waals surface area (Å²) in [5, 5.41) is 26.3. The highest BCUT2D eigenvalue weighted by atomic mass is 16.3. The Hall–Kier alpha value is -2.45. The van der Waals surface area contributed by atoms with Crippen LogP contribution >= 0.6 is 0 Å². The van der Waals surface area contributed by atoms with Crippen LogP contribution in [-0.4, -0.2) is 43.6 Å². The number of fused-ring (bicyclic) bond motifs is 1. The van der Waals surface area contributed by atoms with Gasteiger partial charge in [0.15, 0.2) is 0 Å². The van der Waals surface area contributed by atoms with Gasteiger partial charge in [0.05, 0.1) is 6.61 Å². The summed E-state index contributed by atoms with van der Waals surface area (Å²) in [5.74, 6) is 0. The first kappa shape index (κ1) is 14.0. The second-order valence-corrected chi connectivity index (χ2v) is 4.48. The van der Waals surface area contributed by atoms with E-state index in [1.807, 2.05) is 0 Å². The van der Waals surface area contributed by atoms with E-state index in [4.69, 9.17) is 10.8 Å². The summed E-state index contributed by atoms with van der Waals surface area (Å²) < 4.78 is 0. The van der Waals surface area contributed by atoms with E-state index < -0.39 is 18.2 Å². The molecular weight excluding hydrogens is 262 g/mol. The molecule has 0 saturated carbocycles. The molecule has 0 aliphatic heterocycles. The zero-order valence-corrected chi connectivity index (χ0v) is 10.8. The number of rotatable bonds is 4. The lowest BCUT2D eigenvalue weighted by Crippen LogP contribution is -2.28. The standard InChI is InChI=1S/C12H14N5O3/c1-12(20,7-18)6-5-8-3-2-4-9-10(8)17(16-14-9)15-11(13)19/h2-6,18,20H,7H2,1H3,(H2,13,19)/b6-5-. The number of nitrogens with zero attached hydrogens (tertiary/aromatic N) is 4. The molecular formula is C12H14N5O3. The summed E-state index contributed by atoms with van der Waals surface area (Å²) in [6, 6.07) is 4.30. The van der Waals surface area contributed by atoms with Crippen molar-refractivity contribution in [2.45, 2.75) is 12.5 Å². The minimum absolute atomic E-state index is 0.414. The van der Waals surface area contributed by atoms with Crippen LogP contribution in [0, 0.1) is 0 Å². The van der Waals surface area contributed by atoms with Gasteiger partial charge >= 0.3 is 6.03 Å². The van der Waals surface area contributed by atoms with Crippen molar-refractivity contribution in [2.24, 2.45) is 5.73 Å². The number of aliphatic hydroxyl groups excluding tert-OH is 1. The second kappa shape index (κ2) is 5.27. The Balaban J connectivity index is 2.47. The third kappa shape index (κ3) is 2.92. The maximum Gasteiger partial charge on any atom is 0.357 e. The van der Waals surface area contributed by atoms with Gasteiger partial charge in [0, 0.05) is 5.56 Å². The Labute approximate surface area is 114 Å². The van der Waals surface area contributed by atoms with Crippen LogP contribution in [0.15, 0.2) is 24.3 Å². The summed E-state index contributed by atoms with van der Waals surface area (Å²) in [4.78, 5) is 11.9. The minimum atomic E-state index is -1.35. The molecule has 1 aromatic heterocycles. The fourth-order valence-electron chi connectivity index (χ4n) is 1.60. The van der Waals surface area contributed by atoms with Gasteiger partial charge in [0.25, 0.3) is 0 Å². The normalized spacial score (nSPS) is 14.6. The Morgan fingerprint density at radius 3 is 3.00 bits per heavy atom. The largest absolute Gasteiger partial charge is 0.393 e. The highest BCUT2D eigenvalue weighted by Gasteiger charge is 2.15. The molecule has 1 heterocycles. The minimum Gasteiger partial charge on any atom is -0.393 e. The van der Waals surface area contributed by atoms with Crippen LogP contribution in [0.5, 0.6) is 0 Å². The summed E-state index contributed by atoms with van der Waals surface area (Å²) in [7, 11) is 0. The number of para-hydroxylation sites is 1.